The van der Waals surface area contributed by atoms with Crippen molar-refractivity contribution in [3.05, 3.63) is 18.3 Å². The summed E-state index contributed by atoms with van der Waals surface area (Å²) in [5, 5.41) is 0. The van der Waals surface area contributed by atoms with Gasteiger partial charge in [0.2, 0.25) is 0 Å². The standard InChI is InChI=1S/C6H6NO.C4H9.Sn/c1-8-6-3-2-4-7-5-6;1-4(2)3;/h2-4H,1H3;1-3H3;. The van der Waals surface area contributed by atoms with Crippen molar-refractivity contribution in [2.75, 3.05) is 7.11 Å². The Morgan fingerprint density at radius 1 is 1.38 bits per heavy atom. The van der Waals surface area contributed by atoms with Gasteiger partial charge in [-0.25, -0.2) is 0 Å². The first-order valence-electron chi connectivity index (χ1n) is 4.30. The third kappa shape index (κ3) is 3.54. The number of hydrogen-bond donors (Lipinski definition) is 0. The zero-order chi connectivity index (χ0) is 9.90. The summed E-state index contributed by atoms with van der Waals surface area (Å²) in [6.07, 6.45) is 1.85. The van der Waals surface area contributed by atoms with Gasteiger partial charge in [0.15, 0.2) is 0 Å². The van der Waals surface area contributed by atoms with Crippen LogP contribution in [0.3, 0.4) is 0 Å². The Morgan fingerprint density at radius 3 is 2.62 bits per heavy atom. The average Bonchev–Trinajstić information content (AvgIpc) is 2.02. The zero-order valence-electron chi connectivity index (χ0n) is 8.59. The van der Waals surface area contributed by atoms with Crippen molar-refractivity contribution in [3.63, 3.8) is 0 Å². The van der Waals surface area contributed by atoms with Gasteiger partial charge < -0.3 is 0 Å². The number of hydrogen-bond acceptors (Lipinski definition) is 2. The van der Waals surface area contributed by atoms with E-state index in [1.165, 1.54) is 3.71 Å². The van der Waals surface area contributed by atoms with Gasteiger partial charge in [0.25, 0.3) is 0 Å². The van der Waals surface area contributed by atoms with Crippen LogP contribution in [0.15, 0.2) is 18.3 Å². The minimum absolute atomic E-state index is 0.422. The number of rotatable bonds is 2. The number of nitrogens with zero attached hydrogens (tertiary/aromatic N) is 1. The molecule has 0 aliphatic heterocycles. The topological polar surface area (TPSA) is 22.1 Å². The van der Waals surface area contributed by atoms with E-state index in [1.807, 2.05) is 18.3 Å². The van der Waals surface area contributed by atoms with E-state index in [4.69, 9.17) is 4.74 Å². The third-order valence-electron chi connectivity index (χ3n) is 1.48. The van der Waals surface area contributed by atoms with Gasteiger partial charge in [-0.05, 0) is 0 Å². The van der Waals surface area contributed by atoms with Gasteiger partial charge in [-0.1, -0.05) is 0 Å². The van der Waals surface area contributed by atoms with Gasteiger partial charge in [0.1, 0.15) is 0 Å². The normalized spacial score (nSPS) is 11.4. The fraction of sp³-hybridized carbons (Fsp3) is 0.500. The summed E-state index contributed by atoms with van der Waals surface area (Å²) in [4.78, 5) is 4.39. The van der Waals surface area contributed by atoms with E-state index >= 15 is 0 Å². The Hall–Kier alpha value is -0.251. The molecular weight excluding hydrogens is 269 g/mol. The molecule has 1 rings (SSSR count). The fourth-order valence-electron chi connectivity index (χ4n) is 1.00. The molecule has 0 amide bonds. The second kappa shape index (κ2) is 4.31. The van der Waals surface area contributed by atoms with Crippen molar-refractivity contribution in [1.82, 2.24) is 4.98 Å². The molecule has 1 heterocycles. The van der Waals surface area contributed by atoms with Crippen LogP contribution in [0.25, 0.3) is 0 Å². The second-order valence-electron chi connectivity index (χ2n) is 3.93. The molecule has 0 saturated carbocycles. The molecule has 0 aliphatic rings. The summed E-state index contributed by atoms with van der Waals surface area (Å²) in [5.41, 5.74) is 0. The summed E-state index contributed by atoms with van der Waals surface area (Å²) in [6, 6.07) is 3.92. The summed E-state index contributed by atoms with van der Waals surface area (Å²) in [5.74, 6) is 0.962. The molecule has 0 spiro atoms. The van der Waals surface area contributed by atoms with E-state index in [1.54, 1.807) is 7.11 Å². The van der Waals surface area contributed by atoms with Gasteiger partial charge in [-0.15, -0.1) is 0 Å². The quantitative estimate of drug-likeness (QED) is 0.770. The monoisotopic (exact) mass is 285 g/mol. The summed E-state index contributed by atoms with van der Waals surface area (Å²) >= 11 is -0.638. The molecule has 2 radical (unpaired) electrons. The van der Waals surface area contributed by atoms with Crippen LogP contribution < -0.4 is 8.45 Å². The Morgan fingerprint density at radius 2 is 2.08 bits per heavy atom. The van der Waals surface area contributed by atoms with Gasteiger partial charge in [0.05, 0.1) is 0 Å². The molecule has 70 valence electrons. The molecule has 0 aliphatic carbocycles. The molecule has 13 heavy (non-hydrogen) atoms. The van der Waals surface area contributed by atoms with E-state index in [0.29, 0.717) is 3.43 Å². The van der Waals surface area contributed by atoms with Crippen molar-refractivity contribution in [2.45, 2.75) is 24.2 Å². The van der Waals surface area contributed by atoms with Gasteiger partial charge in [-0.2, -0.15) is 0 Å². The van der Waals surface area contributed by atoms with Crippen molar-refractivity contribution in [2.24, 2.45) is 0 Å². The summed E-state index contributed by atoms with van der Waals surface area (Å²) < 4.78 is 6.90. The zero-order valence-corrected chi connectivity index (χ0v) is 11.4. The maximum atomic E-state index is 5.27. The van der Waals surface area contributed by atoms with E-state index < -0.39 is 21.1 Å². The van der Waals surface area contributed by atoms with Crippen molar-refractivity contribution < 1.29 is 4.74 Å². The van der Waals surface area contributed by atoms with Crippen LogP contribution in [0.1, 0.15) is 20.8 Å². The fourth-order valence-corrected chi connectivity index (χ4v) is 4.31. The van der Waals surface area contributed by atoms with Crippen molar-refractivity contribution >= 4 is 24.9 Å². The molecule has 0 bridgehead atoms. The molecule has 1 aromatic heterocycles. The molecular formula is C10H15NOSn. The second-order valence-corrected chi connectivity index (χ2v) is 10.3. The van der Waals surface area contributed by atoms with Crippen LogP contribution in [-0.2, 0) is 0 Å². The molecule has 0 saturated heterocycles. The number of pyridine rings is 1. The van der Waals surface area contributed by atoms with Gasteiger partial charge in [-0.3, -0.25) is 0 Å². The van der Waals surface area contributed by atoms with E-state index in [0.717, 1.165) is 5.75 Å². The van der Waals surface area contributed by atoms with Gasteiger partial charge >= 0.3 is 90.0 Å². The Balaban J connectivity index is 2.87. The number of ether oxygens (including phenoxy) is 1. The predicted octanol–water partition coefficient (Wildman–Crippen LogP) is 1.64. The molecule has 3 heteroatoms. The van der Waals surface area contributed by atoms with E-state index in [2.05, 4.69) is 25.8 Å². The van der Waals surface area contributed by atoms with Crippen LogP contribution in [0.4, 0.5) is 0 Å². The number of aromatic nitrogens is 1. The molecule has 0 atom stereocenters. The summed E-state index contributed by atoms with van der Waals surface area (Å²) in [7, 11) is 1.71. The van der Waals surface area contributed by atoms with Gasteiger partial charge in [0, 0.05) is 0 Å². The first kappa shape index (κ1) is 10.8. The molecule has 0 fully saturated rings. The van der Waals surface area contributed by atoms with Crippen molar-refractivity contribution in [3.8, 4) is 5.75 Å². The van der Waals surface area contributed by atoms with E-state index in [9.17, 15) is 0 Å². The Kier molecular flexibility index (Phi) is 3.59. The average molecular weight is 284 g/mol. The molecule has 0 unspecified atom stereocenters. The Labute approximate surface area is 89.9 Å². The molecule has 2 nitrogen and oxygen atoms in total. The predicted molar refractivity (Wildman–Crippen MR) is 55.9 cm³/mol. The molecule has 0 aromatic carbocycles. The van der Waals surface area contributed by atoms with E-state index in [-0.39, 0.29) is 0 Å². The van der Waals surface area contributed by atoms with Crippen LogP contribution in [0.2, 0.25) is 3.43 Å². The minimum atomic E-state index is -0.638. The Bertz CT molecular complexity index is 280. The first-order valence-corrected chi connectivity index (χ1v) is 7.15. The SMILES string of the molecule is COc1cccn[c]1[Sn][C](C)(C)C. The molecule has 0 N–H and O–H groups in total. The molecule has 1 aromatic rings. The number of methoxy groups -OCH3 is 1. The summed E-state index contributed by atoms with van der Waals surface area (Å²) in [6.45, 7) is 6.81. The van der Waals surface area contributed by atoms with Crippen LogP contribution in [-0.4, -0.2) is 33.2 Å². The first-order chi connectivity index (χ1) is 6.03. The van der Waals surface area contributed by atoms with Crippen molar-refractivity contribution in [1.29, 1.82) is 0 Å². The van der Waals surface area contributed by atoms with Crippen LogP contribution in [0.5, 0.6) is 5.75 Å². The third-order valence-corrected chi connectivity index (χ3v) is 5.37. The maximum absolute atomic E-state index is 5.27. The van der Waals surface area contributed by atoms with Crippen LogP contribution in [0, 0.1) is 0 Å². The van der Waals surface area contributed by atoms with Crippen LogP contribution >= 0.6 is 0 Å².